The monoisotopic (exact) mass is 397 g/mol. The number of amides is 2. The largest absolute Gasteiger partial charge is 0.377 e. The average Bonchev–Trinajstić information content (AvgIpc) is 2.72. The smallest absolute Gasteiger partial charge is 0.249 e. The first-order valence-electron chi connectivity index (χ1n) is 9.80. The van der Waals surface area contributed by atoms with Crippen LogP contribution in [0.25, 0.3) is 0 Å². The van der Waals surface area contributed by atoms with Crippen LogP contribution in [-0.2, 0) is 20.9 Å². The van der Waals surface area contributed by atoms with E-state index in [0.29, 0.717) is 13.0 Å². The summed E-state index contributed by atoms with van der Waals surface area (Å²) >= 11 is 0. The molecule has 0 saturated carbocycles. The van der Waals surface area contributed by atoms with Crippen molar-refractivity contribution in [2.75, 3.05) is 38.0 Å². The second kappa shape index (κ2) is 10.6. The summed E-state index contributed by atoms with van der Waals surface area (Å²) < 4.78 is 5.12. The molecule has 2 aromatic rings. The lowest BCUT2D eigenvalue weighted by molar-refractivity contribution is -0.138. The summed E-state index contributed by atoms with van der Waals surface area (Å²) in [6, 6.07) is 15.6. The summed E-state index contributed by atoms with van der Waals surface area (Å²) in [5, 5.41) is 2.90. The number of methoxy groups -OCH3 is 1. The van der Waals surface area contributed by atoms with Crippen LogP contribution in [0.2, 0.25) is 0 Å². The predicted molar refractivity (Wildman–Crippen MR) is 117 cm³/mol. The normalized spacial score (nSPS) is 11.6. The summed E-state index contributed by atoms with van der Waals surface area (Å²) in [5.74, 6) is -0.130. The molecule has 2 rings (SSSR count). The number of carbonyl (C=O) groups is 2. The number of carbonyl (C=O) groups excluding carboxylic acids is 2. The molecule has 2 aromatic carbocycles. The zero-order valence-electron chi connectivity index (χ0n) is 17.9. The highest BCUT2D eigenvalue weighted by Gasteiger charge is 2.23. The van der Waals surface area contributed by atoms with Crippen LogP contribution >= 0.6 is 0 Å². The summed E-state index contributed by atoms with van der Waals surface area (Å²) in [7, 11) is 5.45. The molecule has 1 atom stereocenters. The van der Waals surface area contributed by atoms with E-state index in [1.54, 1.807) is 0 Å². The number of hydrogen-bond donors (Lipinski definition) is 1. The molecule has 0 spiro atoms. The second-order valence-electron chi connectivity index (χ2n) is 7.18. The van der Waals surface area contributed by atoms with E-state index in [-0.39, 0.29) is 24.5 Å². The molecular weight excluding hydrogens is 366 g/mol. The molecule has 0 bridgehead atoms. The summed E-state index contributed by atoms with van der Waals surface area (Å²) in [4.78, 5) is 28.5. The van der Waals surface area contributed by atoms with Crippen LogP contribution in [0.4, 0.5) is 11.4 Å². The average molecular weight is 398 g/mol. The molecule has 2 amide bonds. The van der Waals surface area contributed by atoms with Gasteiger partial charge in [0.2, 0.25) is 11.8 Å². The molecule has 0 fully saturated rings. The molecule has 0 saturated heterocycles. The van der Waals surface area contributed by atoms with Gasteiger partial charge in [0.15, 0.2) is 0 Å². The third kappa shape index (κ3) is 6.06. The molecule has 1 N–H and O–H groups in total. The zero-order chi connectivity index (χ0) is 21.4. The van der Waals surface area contributed by atoms with Crippen LogP contribution in [-0.4, -0.2) is 44.5 Å². The maximum absolute atomic E-state index is 12.9. The molecule has 0 aromatic heterocycles. The third-order valence-corrected chi connectivity index (χ3v) is 4.84. The quantitative estimate of drug-likeness (QED) is 0.698. The minimum atomic E-state index is -0.122. The molecule has 0 aliphatic rings. The van der Waals surface area contributed by atoms with Crippen molar-refractivity contribution in [3.63, 3.8) is 0 Å². The van der Waals surface area contributed by atoms with E-state index in [4.69, 9.17) is 4.74 Å². The van der Waals surface area contributed by atoms with Crippen LogP contribution < -0.4 is 10.2 Å². The Balaban J connectivity index is 2.41. The van der Waals surface area contributed by atoms with Crippen LogP contribution in [0.5, 0.6) is 0 Å². The molecule has 0 heterocycles. The van der Waals surface area contributed by atoms with Gasteiger partial charge in [-0.15, -0.1) is 0 Å². The summed E-state index contributed by atoms with van der Waals surface area (Å²) in [6.07, 6.45) is 0.411. The van der Waals surface area contributed by atoms with E-state index < -0.39 is 0 Å². The molecule has 6 nitrogen and oxygen atoms in total. The van der Waals surface area contributed by atoms with Crippen molar-refractivity contribution in [1.82, 2.24) is 4.90 Å². The highest BCUT2D eigenvalue weighted by atomic mass is 16.5. The lowest BCUT2D eigenvalue weighted by atomic mass is 10.0. The number of hydrogen-bond acceptors (Lipinski definition) is 4. The fraction of sp³-hybridized carbons (Fsp3) is 0.391. The van der Waals surface area contributed by atoms with Crippen molar-refractivity contribution >= 4 is 23.2 Å². The molecular formula is C23H31N3O3. The fourth-order valence-electron chi connectivity index (χ4n) is 3.22. The molecule has 156 valence electrons. The van der Waals surface area contributed by atoms with Gasteiger partial charge in [-0.3, -0.25) is 9.59 Å². The first-order valence-corrected chi connectivity index (χ1v) is 9.80. The highest BCUT2D eigenvalue weighted by molar-refractivity contribution is 5.91. The number of anilines is 2. The standard InChI is InChI=1S/C23H31N3O3/c1-6-22(27)24-20-12-13-21(25(3)4)19(14-20)15-26(23(28)16-29-5)17(2)18-10-8-7-9-11-18/h7-14,17H,6,15-16H2,1-5H3,(H,24,27)/t17-/m0/s1. The van der Waals surface area contributed by atoms with Crippen LogP contribution in [0.15, 0.2) is 48.5 Å². The molecule has 29 heavy (non-hydrogen) atoms. The van der Waals surface area contributed by atoms with E-state index in [1.165, 1.54) is 7.11 Å². The number of nitrogens with zero attached hydrogens (tertiary/aromatic N) is 2. The topological polar surface area (TPSA) is 61.9 Å². The number of nitrogens with one attached hydrogen (secondary N) is 1. The Morgan fingerprint density at radius 3 is 2.38 bits per heavy atom. The van der Waals surface area contributed by atoms with Gasteiger partial charge in [0.05, 0.1) is 6.04 Å². The van der Waals surface area contributed by atoms with Crippen molar-refractivity contribution in [2.45, 2.75) is 32.9 Å². The van der Waals surface area contributed by atoms with E-state index in [1.807, 2.05) is 86.3 Å². The van der Waals surface area contributed by atoms with E-state index >= 15 is 0 Å². The van der Waals surface area contributed by atoms with Crippen molar-refractivity contribution in [1.29, 1.82) is 0 Å². The van der Waals surface area contributed by atoms with Crippen LogP contribution in [0.1, 0.15) is 37.4 Å². The molecule has 6 heteroatoms. The molecule has 0 aliphatic carbocycles. The Bertz CT molecular complexity index is 821. The lowest BCUT2D eigenvalue weighted by Gasteiger charge is -2.31. The van der Waals surface area contributed by atoms with Gasteiger partial charge in [-0.25, -0.2) is 0 Å². The van der Waals surface area contributed by atoms with Gasteiger partial charge in [-0.1, -0.05) is 37.3 Å². The second-order valence-corrected chi connectivity index (χ2v) is 7.18. The number of rotatable bonds is 9. The molecule has 0 unspecified atom stereocenters. The van der Waals surface area contributed by atoms with Gasteiger partial charge in [0, 0.05) is 45.5 Å². The Labute approximate surface area is 173 Å². The van der Waals surface area contributed by atoms with Crippen molar-refractivity contribution in [3.8, 4) is 0 Å². The van der Waals surface area contributed by atoms with Crippen molar-refractivity contribution in [3.05, 3.63) is 59.7 Å². The SMILES string of the molecule is CCC(=O)Nc1ccc(N(C)C)c(CN(C(=O)COC)[C@@H](C)c2ccccc2)c1. The van der Waals surface area contributed by atoms with Gasteiger partial charge in [-0.2, -0.15) is 0 Å². The summed E-state index contributed by atoms with van der Waals surface area (Å²) in [6.45, 7) is 4.25. The van der Waals surface area contributed by atoms with Gasteiger partial charge in [-0.05, 0) is 36.2 Å². The van der Waals surface area contributed by atoms with Crippen molar-refractivity contribution < 1.29 is 14.3 Å². The predicted octanol–water partition coefficient (Wildman–Crippen LogP) is 3.84. The molecule has 0 radical (unpaired) electrons. The first kappa shape index (κ1) is 22.4. The first-order chi connectivity index (χ1) is 13.9. The number of ether oxygens (including phenoxy) is 1. The van der Waals surface area contributed by atoms with E-state index in [9.17, 15) is 9.59 Å². The van der Waals surface area contributed by atoms with Gasteiger partial charge < -0.3 is 19.9 Å². The van der Waals surface area contributed by atoms with Crippen LogP contribution in [0, 0.1) is 0 Å². The Morgan fingerprint density at radius 1 is 1.10 bits per heavy atom. The Hall–Kier alpha value is -2.86. The number of benzene rings is 2. The maximum Gasteiger partial charge on any atom is 0.249 e. The van der Waals surface area contributed by atoms with E-state index in [0.717, 1.165) is 22.5 Å². The lowest BCUT2D eigenvalue weighted by Crippen LogP contribution is -2.36. The Morgan fingerprint density at radius 2 is 1.79 bits per heavy atom. The maximum atomic E-state index is 12.9. The van der Waals surface area contributed by atoms with Crippen LogP contribution in [0.3, 0.4) is 0 Å². The van der Waals surface area contributed by atoms with Gasteiger partial charge >= 0.3 is 0 Å². The van der Waals surface area contributed by atoms with E-state index in [2.05, 4.69) is 5.32 Å². The fourth-order valence-corrected chi connectivity index (χ4v) is 3.22. The van der Waals surface area contributed by atoms with Crippen molar-refractivity contribution in [2.24, 2.45) is 0 Å². The minimum absolute atomic E-state index is 0.0146. The summed E-state index contributed by atoms with van der Waals surface area (Å²) in [5.41, 5.74) is 3.73. The third-order valence-electron chi connectivity index (χ3n) is 4.84. The van der Waals surface area contributed by atoms with Gasteiger partial charge in [0.25, 0.3) is 0 Å². The minimum Gasteiger partial charge on any atom is -0.377 e. The Kier molecular flexibility index (Phi) is 8.21. The highest BCUT2D eigenvalue weighted by Crippen LogP contribution is 2.29. The zero-order valence-corrected chi connectivity index (χ0v) is 17.9. The molecule has 0 aliphatic heterocycles. The van der Waals surface area contributed by atoms with Gasteiger partial charge in [0.1, 0.15) is 6.61 Å².